The second-order valence-electron chi connectivity index (χ2n) is 3.54. The van der Waals surface area contributed by atoms with E-state index in [0.29, 0.717) is 6.54 Å². The average molecular weight is 215 g/mol. The molecule has 1 fully saturated rings. The van der Waals surface area contributed by atoms with Crippen LogP contribution in [0.3, 0.4) is 0 Å². The molecular weight excluding hydrogens is 198 g/mol. The van der Waals surface area contributed by atoms with Crippen LogP contribution in [0.5, 0.6) is 0 Å². The number of hydrogen-bond acceptors (Lipinski definition) is 3. The van der Waals surface area contributed by atoms with Crippen molar-refractivity contribution in [1.82, 2.24) is 10.2 Å². The Labute approximate surface area is 89.8 Å². The van der Waals surface area contributed by atoms with Gasteiger partial charge in [-0.2, -0.15) is 0 Å². The summed E-state index contributed by atoms with van der Waals surface area (Å²) in [4.78, 5) is 13.7. The second kappa shape index (κ2) is 5.93. The van der Waals surface area contributed by atoms with Crippen LogP contribution >= 0.6 is 12.2 Å². The molecule has 0 radical (unpaired) electrons. The Morgan fingerprint density at radius 1 is 1.43 bits per heavy atom. The third-order valence-corrected chi connectivity index (χ3v) is 2.43. The van der Waals surface area contributed by atoms with E-state index in [9.17, 15) is 4.79 Å². The van der Waals surface area contributed by atoms with Crippen molar-refractivity contribution < 1.29 is 4.79 Å². The van der Waals surface area contributed by atoms with Crippen molar-refractivity contribution in [2.45, 2.75) is 19.3 Å². The molecule has 0 spiro atoms. The van der Waals surface area contributed by atoms with Crippen LogP contribution < -0.4 is 11.1 Å². The largest absolute Gasteiger partial charge is 0.393 e. The molecule has 14 heavy (non-hydrogen) atoms. The molecule has 5 heteroatoms. The van der Waals surface area contributed by atoms with Crippen molar-refractivity contribution in [3.8, 4) is 0 Å². The summed E-state index contributed by atoms with van der Waals surface area (Å²) in [6, 6.07) is 0. The van der Waals surface area contributed by atoms with E-state index in [1.807, 2.05) is 0 Å². The van der Waals surface area contributed by atoms with E-state index in [1.165, 1.54) is 12.8 Å². The normalized spacial score (nSPS) is 16.9. The molecular formula is C9H17N3OS. The van der Waals surface area contributed by atoms with Gasteiger partial charge >= 0.3 is 0 Å². The van der Waals surface area contributed by atoms with E-state index < -0.39 is 0 Å². The molecule has 80 valence electrons. The fourth-order valence-corrected chi connectivity index (χ4v) is 1.71. The van der Waals surface area contributed by atoms with Crippen LogP contribution in [0.4, 0.5) is 0 Å². The molecule has 0 aromatic rings. The maximum atomic E-state index is 11.1. The van der Waals surface area contributed by atoms with Gasteiger partial charge in [0.2, 0.25) is 5.91 Å². The second-order valence-corrected chi connectivity index (χ2v) is 4.07. The maximum absolute atomic E-state index is 11.1. The number of likely N-dealkylation sites (tertiary alicyclic amines) is 1. The number of rotatable bonds is 5. The summed E-state index contributed by atoms with van der Waals surface area (Å²) in [5, 5.41) is 2.79. The number of thiocarbonyl (C=S) groups is 1. The Morgan fingerprint density at radius 2 is 2.07 bits per heavy atom. The summed E-state index contributed by atoms with van der Waals surface area (Å²) >= 11 is 4.64. The molecule has 1 amide bonds. The third-order valence-electron chi connectivity index (χ3n) is 2.28. The first-order chi connectivity index (χ1) is 6.68. The predicted molar refractivity (Wildman–Crippen MR) is 60.1 cm³/mol. The standard InChI is InChI=1S/C9H17N3OS/c10-8(14)7-9(13)11-3-6-12-4-1-2-5-12/h1-7H2,(H2,10,14)(H,11,13). The van der Waals surface area contributed by atoms with Gasteiger partial charge in [0.25, 0.3) is 0 Å². The molecule has 0 aliphatic carbocycles. The van der Waals surface area contributed by atoms with Gasteiger partial charge in [-0.1, -0.05) is 12.2 Å². The van der Waals surface area contributed by atoms with Gasteiger partial charge < -0.3 is 16.0 Å². The van der Waals surface area contributed by atoms with Crippen LogP contribution in [0.15, 0.2) is 0 Å². The zero-order valence-electron chi connectivity index (χ0n) is 8.29. The van der Waals surface area contributed by atoms with Crippen molar-refractivity contribution in [1.29, 1.82) is 0 Å². The molecule has 1 saturated heterocycles. The summed E-state index contributed by atoms with van der Waals surface area (Å²) in [7, 11) is 0. The highest BCUT2D eigenvalue weighted by molar-refractivity contribution is 7.80. The fraction of sp³-hybridized carbons (Fsp3) is 0.778. The first-order valence-electron chi connectivity index (χ1n) is 4.96. The first kappa shape index (κ1) is 11.4. The van der Waals surface area contributed by atoms with Crippen LogP contribution in [-0.4, -0.2) is 42.0 Å². The minimum Gasteiger partial charge on any atom is -0.393 e. The summed E-state index contributed by atoms with van der Waals surface area (Å²) in [6.07, 6.45) is 2.72. The van der Waals surface area contributed by atoms with Gasteiger partial charge in [-0.3, -0.25) is 4.79 Å². The van der Waals surface area contributed by atoms with E-state index >= 15 is 0 Å². The van der Waals surface area contributed by atoms with E-state index in [-0.39, 0.29) is 17.3 Å². The minimum atomic E-state index is -0.0725. The van der Waals surface area contributed by atoms with Crippen LogP contribution in [0.2, 0.25) is 0 Å². The molecule has 1 heterocycles. The number of nitrogens with two attached hydrogens (primary N) is 1. The van der Waals surface area contributed by atoms with Gasteiger partial charge in [0, 0.05) is 13.1 Å². The highest BCUT2D eigenvalue weighted by Gasteiger charge is 2.10. The number of amides is 1. The Balaban J connectivity index is 2.02. The topological polar surface area (TPSA) is 58.4 Å². The van der Waals surface area contributed by atoms with E-state index in [4.69, 9.17) is 5.73 Å². The molecule has 1 aliphatic rings. The smallest absolute Gasteiger partial charge is 0.226 e. The summed E-state index contributed by atoms with van der Waals surface area (Å²) in [5.74, 6) is -0.0725. The van der Waals surface area contributed by atoms with Crippen molar-refractivity contribution in [3.05, 3.63) is 0 Å². The zero-order chi connectivity index (χ0) is 10.4. The molecule has 0 atom stereocenters. The highest BCUT2D eigenvalue weighted by atomic mass is 32.1. The lowest BCUT2D eigenvalue weighted by Crippen LogP contribution is -2.34. The first-order valence-corrected chi connectivity index (χ1v) is 5.36. The van der Waals surface area contributed by atoms with Crippen molar-refractivity contribution in [3.63, 3.8) is 0 Å². The molecule has 3 N–H and O–H groups in total. The van der Waals surface area contributed by atoms with Crippen molar-refractivity contribution >= 4 is 23.1 Å². The monoisotopic (exact) mass is 215 g/mol. The highest BCUT2D eigenvalue weighted by Crippen LogP contribution is 2.05. The number of nitrogens with zero attached hydrogens (tertiary/aromatic N) is 1. The Hall–Kier alpha value is -0.680. The third kappa shape index (κ3) is 4.53. The van der Waals surface area contributed by atoms with Gasteiger partial charge in [0.15, 0.2) is 0 Å². The quantitative estimate of drug-likeness (QED) is 0.628. The Bertz CT molecular complexity index is 214. The van der Waals surface area contributed by atoms with Crippen molar-refractivity contribution in [2.75, 3.05) is 26.2 Å². The SMILES string of the molecule is NC(=S)CC(=O)NCCN1CCCC1. The van der Waals surface area contributed by atoms with Gasteiger partial charge in [0.1, 0.15) is 0 Å². The molecule has 0 saturated carbocycles. The zero-order valence-corrected chi connectivity index (χ0v) is 9.11. The number of hydrogen-bond donors (Lipinski definition) is 2. The molecule has 1 rings (SSSR count). The summed E-state index contributed by atoms with van der Waals surface area (Å²) in [6.45, 7) is 3.95. The van der Waals surface area contributed by atoms with Crippen LogP contribution in [0.1, 0.15) is 19.3 Å². The molecule has 1 aliphatic heterocycles. The van der Waals surface area contributed by atoms with Gasteiger partial charge in [-0.05, 0) is 25.9 Å². The molecule has 0 aromatic heterocycles. The van der Waals surface area contributed by atoms with Crippen LogP contribution in [-0.2, 0) is 4.79 Å². The van der Waals surface area contributed by atoms with Crippen molar-refractivity contribution in [2.24, 2.45) is 5.73 Å². The molecule has 0 unspecified atom stereocenters. The van der Waals surface area contributed by atoms with Gasteiger partial charge in [0.05, 0.1) is 11.4 Å². The molecule has 4 nitrogen and oxygen atoms in total. The molecule has 0 aromatic carbocycles. The predicted octanol–water partition coefficient (Wildman–Crippen LogP) is -0.125. The maximum Gasteiger partial charge on any atom is 0.226 e. The number of carbonyl (C=O) groups excluding carboxylic acids is 1. The number of carbonyl (C=O) groups is 1. The van der Waals surface area contributed by atoms with Crippen LogP contribution in [0.25, 0.3) is 0 Å². The lowest BCUT2D eigenvalue weighted by molar-refractivity contribution is -0.119. The molecule has 0 bridgehead atoms. The minimum absolute atomic E-state index is 0.0725. The lowest BCUT2D eigenvalue weighted by atomic mass is 10.4. The van der Waals surface area contributed by atoms with E-state index in [2.05, 4.69) is 22.4 Å². The van der Waals surface area contributed by atoms with E-state index in [0.717, 1.165) is 19.6 Å². The number of nitrogens with one attached hydrogen (secondary N) is 1. The van der Waals surface area contributed by atoms with Crippen LogP contribution in [0, 0.1) is 0 Å². The lowest BCUT2D eigenvalue weighted by Gasteiger charge is -2.14. The fourth-order valence-electron chi connectivity index (χ4n) is 1.58. The Morgan fingerprint density at radius 3 is 2.64 bits per heavy atom. The Kier molecular flexibility index (Phi) is 4.82. The summed E-state index contributed by atoms with van der Waals surface area (Å²) < 4.78 is 0. The van der Waals surface area contributed by atoms with E-state index in [1.54, 1.807) is 0 Å². The average Bonchev–Trinajstić information content (AvgIpc) is 2.55. The van der Waals surface area contributed by atoms with Gasteiger partial charge in [-0.15, -0.1) is 0 Å². The summed E-state index contributed by atoms with van der Waals surface area (Å²) in [5.41, 5.74) is 5.25. The van der Waals surface area contributed by atoms with Gasteiger partial charge in [-0.25, -0.2) is 0 Å².